The number of ether oxygens (including phenoxy) is 1. The smallest absolute Gasteiger partial charge is 0.404 e. The predicted octanol–water partition coefficient (Wildman–Crippen LogP) is 3.48. The summed E-state index contributed by atoms with van der Waals surface area (Å²) in [5.41, 5.74) is 4.71. The third kappa shape index (κ3) is 7.73. The van der Waals surface area contributed by atoms with Crippen molar-refractivity contribution < 1.29 is 23.0 Å². The van der Waals surface area contributed by atoms with E-state index >= 15 is 0 Å². The number of aliphatic imine (C=N–C) groups is 1. The van der Waals surface area contributed by atoms with Gasteiger partial charge in [-0.05, 0) is 25.0 Å². The number of anilines is 1. The molecular formula is C14H21F3IN3O2. The molecule has 0 radical (unpaired) electrons. The third-order valence-corrected chi connectivity index (χ3v) is 3.24. The summed E-state index contributed by atoms with van der Waals surface area (Å²) in [6.07, 6.45) is -3.81. The lowest BCUT2D eigenvalue weighted by molar-refractivity contribution is -0.274. The number of benzene rings is 1. The number of guanidine groups is 1. The molecule has 5 nitrogen and oxygen atoms in total. The van der Waals surface area contributed by atoms with Crippen molar-refractivity contribution in [3.8, 4) is 5.75 Å². The SMILES string of the molecule is CCC(O)(CC)CN=C(N)Nc1ccccc1OC(F)(F)F.I. The minimum absolute atomic E-state index is 0. The Hall–Kier alpha value is -1.23. The van der Waals surface area contributed by atoms with Crippen molar-refractivity contribution in [2.75, 3.05) is 11.9 Å². The van der Waals surface area contributed by atoms with Crippen LogP contribution in [0.5, 0.6) is 5.75 Å². The first-order valence-electron chi connectivity index (χ1n) is 6.83. The highest BCUT2D eigenvalue weighted by atomic mass is 127. The lowest BCUT2D eigenvalue weighted by Gasteiger charge is -2.23. The van der Waals surface area contributed by atoms with Gasteiger partial charge in [-0.15, -0.1) is 37.1 Å². The van der Waals surface area contributed by atoms with Gasteiger partial charge < -0.3 is 20.9 Å². The summed E-state index contributed by atoms with van der Waals surface area (Å²) >= 11 is 0. The summed E-state index contributed by atoms with van der Waals surface area (Å²) in [4.78, 5) is 3.97. The summed E-state index contributed by atoms with van der Waals surface area (Å²) in [5.74, 6) is -0.507. The van der Waals surface area contributed by atoms with Gasteiger partial charge in [0.2, 0.25) is 0 Å². The highest BCUT2D eigenvalue weighted by Crippen LogP contribution is 2.29. The van der Waals surface area contributed by atoms with Crippen molar-refractivity contribution >= 4 is 35.6 Å². The third-order valence-electron chi connectivity index (χ3n) is 3.24. The van der Waals surface area contributed by atoms with Crippen LogP contribution in [0.15, 0.2) is 29.3 Å². The first-order chi connectivity index (χ1) is 10.2. The van der Waals surface area contributed by atoms with E-state index in [1.807, 2.05) is 13.8 Å². The van der Waals surface area contributed by atoms with E-state index in [1.165, 1.54) is 18.2 Å². The van der Waals surface area contributed by atoms with Gasteiger partial charge >= 0.3 is 6.36 Å². The van der Waals surface area contributed by atoms with Crippen LogP contribution >= 0.6 is 24.0 Å². The predicted molar refractivity (Wildman–Crippen MR) is 94.2 cm³/mol. The molecule has 0 aliphatic rings. The van der Waals surface area contributed by atoms with E-state index in [-0.39, 0.29) is 42.2 Å². The summed E-state index contributed by atoms with van der Waals surface area (Å²) in [6, 6.07) is 5.49. The molecule has 4 N–H and O–H groups in total. The van der Waals surface area contributed by atoms with Crippen LogP contribution < -0.4 is 15.8 Å². The molecule has 23 heavy (non-hydrogen) atoms. The molecule has 1 rings (SSSR count). The number of halogens is 4. The van der Waals surface area contributed by atoms with Crippen molar-refractivity contribution in [1.82, 2.24) is 0 Å². The molecule has 0 amide bonds. The summed E-state index contributed by atoms with van der Waals surface area (Å²) in [5, 5.41) is 12.6. The fourth-order valence-corrected chi connectivity index (χ4v) is 1.67. The number of nitrogens with one attached hydrogen (secondary N) is 1. The monoisotopic (exact) mass is 447 g/mol. The van der Waals surface area contributed by atoms with Crippen LogP contribution in [0.25, 0.3) is 0 Å². The van der Waals surface area contributed by atoms with Crippen molar-refractivity contribution in [1.29, 1.82) is 0 Å². The normalized spacial score (nSPS) is 12.5. The minimum atomic E-state index is -4.80. The molecule has 0 fully saturated rings. The van der Waals surface area contributed by atoms with E-state index < -0.39 is 17.7 Å². The van der Waals surface area contributed by atoms with Crippen LogP contribution in [0, 0.1) is 0 Å². The van der Waals surface area contributed by atoms with Crippen molar-refractivity contribution in [2.45, 2.75) is 38.7 Å². The number of alkyl halides is 3. The maximum Gasteiger partial charge on any atom is 0.573 e. The van der Waals surface area contributed by atoms with E-state index in [2.05, 4.69) is 15.0 Å². The van der Waals surface area contributed by atoms with Gasteiger partial charge in [0.05, 0.1) is 17.8 Å². The second-order valence-corrected chi connectivity index (χ2v) is 4.80. The largest absolute Gasteiger partial charge is 0.573 e. The lowest BCUT2D eigenvalue weighted by Crippen LogP contribution is -2.33. The standard InChI is InChI=1S/C14H20F3N3O2.HI/c1-3-13(21,4-2)9-19-12(18)20-10-7-5-6-8-11(10)22-14(15,16)17;/h5-8,21H,3-4,9H2,1-2H3,(H3,18,19,20);1H. The topological polar surface area (TPSA) is 79.9 Å². The maximum absolute atomic E-state index is 12.3. The molecule has 0 aromatic heterocycles. The molecule has 0 heterocycles. The molecule has 132 valence electrons. The van der Waals surface area contributed by atoms with E-state index in [0.717, 1.165) is 6.07 Å². The molecule has 0 atom stereocenters. The number of hydrogen-bond donors (Lipinski definition) is 3. The van der Waals surface area contributed by atoms with Gasteiger partial charge in [0.1, 0.15) is 0 Å². The van der Waals surface area contributed by atoms with Gasteiger partial charge in [0.15, 0.2) is 11.7 Å². The quantitative estimate of drug-likeness (QED) is 0.355. The molecule has 9 heteroatoms. The number of rotatable bonds is 6. The highest BCUT2D eigenvalue weighted by molar-refractivity contribution is 14.0. The molecule has 0 bridgehead atoms. The average Bonchev–Trinajstić information content (AvgIpc) is 2.45. The zero-order valence-corrected chi connectivity index (χ0v) is 15.2. The molecular weight excluding hydrogens is 426 g/mol. The van der Waals surface area contributed by atoms with Crippen molar-refractivity contribution in [3.05, 3.63) is 24.3 Å². The zero-order valence-electron chi connectivity index (χ0n) is 12.9. The molecule has 0 unspecified atom stereocenters. The number of hydrogen-bond acceptors (Lipinski definition) is 3. The van der Waals surface area contributed by atoms with Crippen molar-refractivity contribution in [3.63, 3.8) is 0 Å². The lowest BCUT2D eigenvalue weighted by atomic mass is 9.98. The Morgan fingerprint density at radius 1 is 1.26 bits per heavy atom. The second kappa shape index (κ2) is 9.16. The van der Waals surface area contributed by atoms with Crippen LogP contribution in [-0.4, -0.2) is 29.6 Å². The Balaban J connectivity index is 0.00000484. The molecule has 0 spiro atoms. The Morgan fingerprint density at radius 2 is 1.83 bits per heavy atom. The average molecular weight is 447 g/mol. The maximum atomic E-state index is 12.3. The van der Waals surface area contributed by atoms with E-state index in [4.69, 9.17) is 5.73 Å². The summed E-state index contributed by atoms with van der Waals surface area (Å²) in [7, 11) is 0. The van der Waals surface area contributed by atoms with Gasteiger partial charge in [-0.1, -0.05) is 26.0 Å². The number of para-hydroxylation sites is 2. The fraction of sp³-hybridized carbons (Fsp3) is 0.500. The molecule has 0 aliphatic heterocycles. The first-order valence-corrected chi connectivity index (χ1v) is 6.83. The van der Waals surface area contributed by atoms with Gasteiger partial charge in [0.25, 0.3) is 0 Å². The first kappa shape index (κ1) is 21.8. The van der Waals surface area contributed by atoms with Crippen LogP contribution in [0.3, 0.4) is 0 Å². The van der Waals surface area contributed by atoms with E-state index in [0.29, 0.717) is 12.8 Å². The second-order valence-electron chi connectivity index (χ2n) is 4.80. The fourth-order valence-electron chi connectivity index (χ4n) is 1.67. The Labute approximate surface area is 150 Å². The van der Waals surface area contributed by atoms with E-state index in [1.54, 1.807) is 0 Å². The number of aliphatic hydroxyl groups is 1. The zero-order chi connectivity index (χ0) is 16.8. The van der Waals surface area contributed by atoms with Crippen LogP contribution in [0.4, 0.5) is 18.9 Å². The minimum Gasteiger partial charge on any atom is -0.404 e. The number of nitrogens with two attached hydrogens (primary N) is 1. The number of nitrogens with zero attached hydrogens (tertiary/aromatic N) is 1. The Kier molecular flexibility index (Phi) is 8.67. The van der Waals surface area contributed by atoms with Crippen molar-refractivity contribution in [2.24, 2.45) is 10.7 Å². The van der Waals surface area contributed by atoms with E-state index in [9.17, 15) is 18.3 Å². The molecule has 0 saturated carbocycles. The van der Waals surface area contributed by atoms with Crippen LogP contribution in [0.1, 0.15) is 26.7 Å². The summed E-state index contributed by atoms with van der Waals surface area (Å²) < 4.78 is 40.8. The summed E-state index contributed by atoms with van der Waals surface area (Å²) in [6.45, 7) is 3.69. The Bertz CT molecular complexity index is 520. The molecule has 0 saturated heterocycles. The van der Waals surface area contributed by atoms with Gasteiger partial charge in [-0.2, -0.15) is 0 Å². The molecule has 1 aromatic carbocycles. The van der Waals surface area contributed by atoms with Gasteiger partial charge in [-0.25, -0.2) is 0 Å². The highest BCUT2D eigenvalue weighted by Gasteiger charge is 2.32. The molecule has 0 aliphatic carbocycles. The Morgan fingerprint density at radius 3 is 2.35 bits per heavy atom. The van der Waals surface area contributed by atoms with Gasteiger partial charge in [-0.3, -0.25) is 4.99 Å². The van der Waals surface area contributed by atoms with Crippen LogP contribution in [0.2, 0.25) is 0 Å². The van der Waals surface area contributed by atoms with Gasteiger partial charge in [0, 0.05) is 0 Å². The van der Waals surface area contributed by atoms with Crippen LogP contribution in [-0.2, 0) is 0 Å². The molecule has 1 aromatic rings.